The molecule has 1 atom stereocenters. The van der Waals surface area contributed by atoms with Crippen molar-refractivity contribution in [2.24, 2.45) is 5.92 Å². The van der Waals surface area contributed by atoms with Crippen molar-refractivity contribution in [3.63, 3.8) is 0 Å². The van der Waals surface area contributed by atoms with Crippen LogP contribution in [0.15, 0.2) is 36.4 Å². The Hall–Kier alpha value is -2.47. The van der Waals surface area contributed by atoms with Crippen molar-refractivity contribution in [3.8, 4) is 5.75 Å². The topological polar surface area (TPSA) is 58.6 Å². The van der Waals surface area contributed by atoms with Crippen molar-refractivity contribution in [2.45, 2.75) is 37.8 Å². The molecule has 1 fully saturated rings. The molecule has 142 valence electrons. The van der Waals surface area contributed by atoms with Gasteiger partial charge in [0, 0.05) is 6.42 Å². The van der Waals surface area contributed by atoms with Crippen LogP contribution in [0.4, 0.5) is 8.78 Å². The Kier molecular flexibility index (Phi) is 4.83. The number of ether oxygens (including phenoxy) is 1. The molecule has 0 aromatic heterocycles. The molecule has 2 aromatic rings. The second kappa shape index (κ2) is 7.27. The number of carbonyl (C=O) groups is 1. The van der Waals surface area contributed by atoms with Gasteiger partial charge in [-0.3, -0.25) is 4.79 Å². The van der Waals surface area contributed by atoms with Gasteiger partial charge in [0.25, 0.3) is 0 Å². The van der Waals surface area contributed by atoms with E-state index >= 15 is 0 Å². The summed E-state index contributed by atoms with van der Waals surface area (Å²) in [4.78, 5) is 12.5. The normalized spacial score (nSPS) is 21.7. The van der Waals surface area contributed by atoms with Crippen LogP contribution in [-0.2, 0) is 17.6 Å². The van der Waals surface area contributed by atoms with Gasteiger partial charge < -0.3 is 15.2 Å². The van der Waals surface area contributed by atoms with Crippen LogP contribution in [0.3, 0.4) is 0 Å². The number of fused-ring (bicyclic) bond motifs is 1. The van der Waals surface area contributed by atoms with Crippen molar-refractivity contribution in [1.29, 1.82) is 0 Å². The number of hydrogen-bond acceptors (Lipinski definition) is 3. The molecule has 0 spiro atoms. The van der Waals surface area contributed by atoms with Gasteiger partial charge in [-0.1, -0.05) is 12.1 Å². The maximum Gasteiger partial charge on any atom is 0.224 e. The maximum atomic E-state index is 13.4. The average molecular weight is 373 g/mol. The van der Waals surface area contributed by atoms with Crippen LogP contribution in [-0.4, -0.2) is 23.7 Å². The first-order valence-electron chi connectivity index (χ1n) is 9.16. The Balaban J connectivity index is 1.51. The molecule has 2 aliphatic rings. The number of hydrogen-bond donors (Lipinski definition) is 2. The third-order valence-electron chi connectivity index (χ3n) is 5.36. The van der Waals surface area contributed by atoms with Gasteiger partial charge in [-0.25, -0.2) is 8.78 Å². The summed E-state index contributed by atoms with van der Waals surface area (Å²) in [6.07, 6.45) is 1.73. The lowest BCUT2D eigenvalue weighted by Crippen LogP contribution is -2.41. The standard InChI is InChI=1S/C21H21F2NO3/c22-17-3-1-12(7-18(17)23)8-20(26)24-21(15-10-16(25)11-15)14-2-4-19-13(9-14)5-6-27-19/h1-4,7,9,15-16,21,25H,5-6,8,10-11H2,(H,24,26)/t15?,16?,21-/m0/s1. The van der Waals surface area contributed by atoms with E-state index in [4.69, 9.17) is 4.74 Å². The largest absolute Gasteiger partial charge is 0.493 e. The average Bonchev–Trinajstić information content (AvgIpc) is 3.08. The van der Waals surface area contributed by atoms with E-state index < -0.39 is 11.6 Å². The predicted molar refractivity (Wildman–Crippen MR) is 95.3 cm³/mol. The second-order valence-corrected chi connectivity index (χ2v) is 7.32. The Morgan fingerprint density at radius 3 is 2.74 bits per heavy atom. The van der Waals surface area contributed by atoms with Gasteiger partial charge in [0.15, 0.2) is 11.6 Å². The van der Waals surface area contributed by atoms with E-state index in [-0.39, 0.29) is 30.4 Å². The summed E-state index contributed by atoms with van der Waals surface area (Å²) in [5.74, 6) is -1.13. The molecule has 6 heteroatoms. The molecule has 0 radical (unpaired) electrons. The molecule has 0 saturated heterocycles. The minimum atomic E-state index is -0.961. The molecule has 1 heterocycles. The van der Waals surface area contributed by atoms with E-state index in [1.165, 1.54) is 6.07 Å². The summed E-state index contributed by atoms with van der Waals surface area (Å²) in [5.41, 5.74) is 2.52. The SMILES string of the molecule is O=C(Cc1ccc(F)c(F)c1)N[C@@H](c1ccc2c(c1)CCO2)C1CC(O)C1. The first-order chi connectivity index (χ1) is 13.0. The summed E-state index contributed by atoms with van der Waals surface area (Å²) in [6, 6.07) is 9.17. The third-order valence-corrected chi connectivity index (χ3v) is 5.36. The summed E-state index contributed by atoms with van der Waals surface area (Å²) < 4.78 is 32.0. The molecule has 2 aromatic carbocycles. The molecule has 4 rings (SSSR count). The fourth-order valence-electron chi connectivity index (χ4n) is 3.83. The number of nitrogens with one attached hydrogen (secondary N) is 1. The predicted octanol–water partition coefficient (Wildman–Crippen LogP) is 3.07. The van der Waals surface area contributed by atoms with Gasteiger partial charge in [0.1, 0.15) is 5.75 Å². The molecule has 1 saturated carbocycles. The molecule has 1 aliphatic carbocycles. The number of aliphatic hydroxyl groups is 1. The van der Waals surface area contributed by atoms with E-state index in [0.717, 1.165) is 35.4 Å². The zero-order valence-electron chi connectivity index (χ0n) is 14.8. The lowest BCUT2D eigenvalue weighted by molar-refractivity contribution is -0.122. The van der Waals surface area contributed by atoms with Gasteiger partial charge in [-0.2, -0.15) is 0 Å². The van der Waals surface area contributed by atoms with Gasteiger partial charge in [-0.05, 0) is 59.7 Å². The molecule has 0 unspecified atom stereocenters. The van der Waals surface area contributed by atoms with Crippen molar-refractivity contribution in [2.75, 3.05) is 6.61 Å². The highest BCUT2D eigenvalue weighted by Crippen LogP contribution is 2.39. The van der Waals surface area contributed by atoms with Crippen molar-refractivity contribution in [3.05, 3.63) is 64.7 Å². The smallest absolute Gasteiger partial charge is 0.224 e. The van der Waals surface area contributed by atoms with Crippen molar-refractivity contribution < 1.29 is 23.4 Å². The summed E-state index contributed by atoms with van der Waals surface area (Å²) >= 11 is 0. The Morgan fingerprint density at radius 2 is 2.00 bits per heavy atom. The highest BCUT2D eigenvalue weighted by Gasteiger charge is 2.36. The fraction of sp³-hybridized carbons (Fsp3) is 0.381. The summed E-state index contributed by atoms with van der Waals surface area (Å²) in [5, 5.41) is 12.7. The molecule has 4 nitrogen and oxygen atoms in total. The Bertz CT molecular complexity index is 865. The minimum Gasteiger partial charge on any atom is -0.493 e. The van der Waals surface area contributed by atoms with Crippen molar-refractivity contribution >= 4 is 5.91 Å². The summed E-state index contributed by atoms with van der Waals surface area (Å²) in [7, 11) is 0. The first-order valence-corrected chi connectivity index (χ1v) is 9.16. The number of rotatable bonds is 5. The lowest BCUT2D eigenvalue weighted by atomic mass is 9.74. The molecule has 2 N–H and O–H groups in total. The third kappa shape index (κ3) is 3.81. The molecule has 1 aliphatic heterocycles. The Morgan fingerprint density at radius 1 is 1.19 bits per heavy atom. The highest BCUT2D eigenvalue weighted by atomic mass is 19.2. The van der Waals surface area contributed by atoms with E-state index in [1.807, 2.05) is 12.1 Å². The lowest BCUT2D eigenvalue weighted by Gasteiger charge is -2.38. The van der Waals surface area contributed by atoms with Crippen LogP contribution < -0.4 is 10.1 Å². The highest BCUT2D eigenvalue weighted by molar-refractivity contribution is 5.79. The van der Waals surface area contributed by atoms with E-state index in [1.54, 1.807) is 0 Å². The molecular weight excluding hydrogens is 352 g/mol. The van der Waals surface area contributed by atoms with Crippen molar-refractivity contribution in [1.82, 2.24) is 5.32 Å². The first kappa shape index (κ1) is 17.9. The molecular formula is C21H21F2NO3. The van der Waals surface area contributed by atoms with Crippen LogP contribution in [0, 0.1) is 17.6 Å². The minimum absolute atomic E-state index is 0.0307. The van der Waals surface area contributed by atoms with Gasteiger partial charge in [0.05, 0.1) is 25.2 Å². The Labute approximate surface area is 156 Å². The van der Waals surface area contributed by atoms with Gasteiger partial charge in [-0.15, -0.1) is 0 Å². The quantitative estimate of drug-likeness (QED) is 0.847. The van der Waals surface area contributed by atoms with E-state index in [0.29, 0.717) is 25.0 Å². The van der Waals surface area contributed by atoms with Crippen LogP contribution >= 0.6 is 0 Å². The second-order valence-electron chi connectivity index (χ2n) is 7.32. The number of carbonyl (C=O) groups excluding carboxylic acids is 1. The number of halogens is 2. The molecule has 1 amide bonds. The summed E-state index contributed by atoms with van der Waals surface area (Å²) in [6.45, 7) is 0.661. The number of benzene rings is 2. The van der Waals surface area contributed by atoms with Gasteiger partial charge in [0.2, 0.25) is 5.91 Å². The monoisotopic (exact) mass is 373 g/mol. The van der Waals surface area contributed by atoms with E-state index in [9.17, 15) is 18.7 Å². The zero-order chi connectivity index (χ0) is 19.0. The van der Waals surface area contributed by atoms with Crippen LogP contribution in [0.25, 0.3) is 0 Å². The van der Waals surface area contributed by atoms with E-state index in [2.05, 4.69) is 11.4 Å². The zero-order valence-corrected chi connectivity index (χ0v) is 14.8. The maximum absolute atomic E-state index is 13.4. The van der Waals surface area contributed by atoms with Gasteiger partial charge >= 0.3 is 0 Å². The molecule has 27 heavy (non-hydrogen) atoms. The number of amides is 1. The van der Waals surface area contributed by atoms with Crippen LogP contribution in [0.1, 0.15) is 35.6 Å². The number of aliphatic hydroxyl groups excluding tert-OH is 1. The fourth-order valence-corrected chi connectivity index (χ4v) is 3.83. The molecule has 0 bridgehead atoms. The van der Waals surface area contributed by atoms with Crippen LogP contribution in [0.2, 0.25) is 0 Å². The van der Waals surface area contributed by atoms with Crippen LogP contribution in [0.5, 0.6) is 5.75 Å².